The lowest BCUT2D eigenvalue weighted by molar-refractivity contribution is -0.119. The molecule has 1 aliphatic rings. The summed E-state index contributed by atoms with van der Waals surface area (Å²) in [6, 6.07) is -0.875. The Bertz CT molecular complexity index is 159. The molecular weight excluding hydrogens is 140 g/mol. The molecule has 2 N–H and O–H groups in total. The van der Waals surface area contributed by atoms with Crippen molar-refractivity contribution in [2.24, 2.45) is 0 Å². The zero-order valence-corrected chi connectivity index (χ0v) is 5.44. The molecular formula is C4H6N2O2S. The molecule has 0 aliphatic carbocycles. The van der Waals surface area contributed by atoms with Gasteiger partial charge in [0.05, 0.1) is 0 Å². The summed E-state index contributed by atoms with van der Waals surface area (Å²) in [4.78, 5) is 20.9. The Morgan fingerprint density at radius 3 is 2.44 bits per heavy atom. The van der Waals surface area contributed by atoms with Gasteiger partial charge in [-0.3, -0.25) is 10.1 Å². The molecule has 3 amide bonds. The second-order valence-corrected chi connectivity index (χ2v) is 2.06. The van der Waals surface area contributed by atoms with E-state index in [-0.39, 0.29) is 5.91 Å². The number of urea groups is 1. The van der Waals surface area contributed by atoms with Crippen molar-refractivity contribution >= 4 is 24.6 Å². The van der Waals surface area contributed by atoms with Crippen LogP contribution in [0.25, 0.3) is 0 Å². The van der Waals surface area contributed by atoms with E-state index in [1.807, 2.05) is 0 Å². The van der Waals surface area contributed by atoms with Gasteiger partial charge in [0.1, 0.15) is 6.04 Å². The first-order valence-electron chi connectivity index (χ1n) is 2.46. The van der Waals surface area contributed by atoms with Gasteiger partial charge in [-0.2, -0.15) is 12.6 Å². The second-order valence-electron chi connectivity index (χ2n) is 1.70. The number of thiol groups is 1. The van der Waals surface area contributed by atoms with Crippen LogP contribution in [0.3, 0.4) is 0 Å². The van der Waals surface area contributed by atoms with Crippen molar-refractivity contribution in [3.8, 4) is 0 Å². The fourth-order valence-corrected chi connectivity index (χ4v) is 0.845. The number of rotatable bonds is 1. The molecule has 5 heteroatoms. The maximum atomic E-state index is 10.6. The van der Waals surface area contributed by atoms with Crippen LogP contribution in [0.15, 0.2) is 0 Å². The lowest BCUT2D eigenvalue weighted by Crippen LogP contribution is -2.30. The Kier molecular flexibility index (Phi) is 1.61. The molecule has 1 aliphatic heterocycles. The molecule has 1 atom stereocenters. The Balaban J connectivity index is 2.58. The van der Waals surface area contributed by atoms with Gasteiger partial charge in [-0.05, 0) is 0 Å². The summed E-state index contributed by atoms with van der Waals surface area (Å²) < 4.78 is 0. The average Bonchev–Trinajstić information content (AvgIpc) is 2.10. The number of hydrogen-bond donors (Lipinski definition) is 3. The van der Waals surface area contributed by atoms with Crippen molar-refractivity contribution in [3.05, 3.63) is 0 Å². The minimum Gasteiger partial charge on any atom is -0.325 e. The monoisotopic (exact) mass is 146 g/mol. The number of carbonyl (C=O) groups excluding carboxylic acids is 2. The first-order chi connectivity index (χ1) is 4.24. The first kappa shape index (κ1) is 6.41. The molecule has 0 radical (unpaired) electrons. The van der Waals surface area contributed by atoms with Crippen LogP contribution in [0.5, 0.6) is 0 Å². The maximum absolute atomic E-state index is 10.6. The standard InChI is InChI=1S/C4H6N2O2S/c7-3-2(1-9)5-4(8)6-3/h2,9H,1H2,(H2,5,6,7,8)/t2-/m1/s1. The minimum absolute atomic E-state index is 0.296. The van der Waals surface area contributed by atoms with E-state index >= 15 is 0 Å². The lowest BCUT2D eigenvalue weighted by atomic mass is 10.3. The van der Waals surface area contributed by atoms with Crippen molar-refractivity contribution in [1.29, 1.82) is 0 Å². The highest BCUT2D eigenvalue weighted by molar-refractivity contribution is 7.80. The molecule has 9 heavy (non-hydrogen) atoms. The number of imide groups is 1. The SMILES string of the molecule is O=C1NC(=O)[C@@H](CS)N1. The molecule has 1 fully saturated rings. The Labute approximate surface area is 57.4 Å². The number of hydrogen-bond acceptors (Lipinski definition) is 3. The highest BCUT2D eigenvalue weighted by atomic mass is 32.1. The van der Waals surface area contributed by atoms with Crippen molar-refractivity contribution in [2.45, 2.75) is 6.04 Å². The molecule has 0 saturated carbocycles. The van der Waals surface area contributed by atoms with Gasteiger partial charge in [0.2, 0.25) is 0 Å². The molecule has 1 saturated heterocycles. The molecule has 1 rings (SSSR count). The zero-order chi connectivity index (χ0) is 6.85. The summed E-state index contributed by atoms with van der Waals surface area (Å²) in [5.74, 6) is 0.0485. The lowest BCUT2D eigenvalue weighted by Gasteiger charge is -1.97. The van der Waals surface area contributed by atoms with Crippen LogP contribution in [0, 0.1) is 0 Å². The Morgan fingerprint density at radius 2 is 2.22 bits per heavy atom. The molecule has 0 bridgehead atoms. The van der Waals surface area contributed by atoms with E-state index in [1.165, 1.54) is 0 Å². The predicted molar refractivity (Wildman–Crippen MR) is 34.3 cm³/mol. The van der Waals surface area contributed by atoms with Gasteiger partial charge in [-0.15, -0.1) is 0 Å². The van der Waals surface area contributed by atoms with Crippen LogP contribution in [-0.4, -0.2) is 23.7 Å². The number of carbonyl (C=O) groups is 2. The third kappa shape index (κ3) is 1.16. The van der Waals surface area contributed by atoms with Gasteiger partial charge in [-0.1, -0.05) is 0 Å². The van der Waals surface area contributed by atoms with Crippen LogP contribution in [0.1, 0.15) is 0 Å². The summed E-state index contributed by atoms with van der Waals surface area (Å²) in [5.41, 5.74) is 0. The normalized spacial score (nSPS) is 25.7. The summed E-state index contributed by atoms with van der Waals surface area (Å²) in [7, 11) is 0. The summed E-state index contributed by atoms with van der Waals surface area (Å²) >= 11 is 3.84. The van der Waals surface area contributed by atoms with E-state index in [2.05, 4.69) is 23.3 Å². The van der Waals surface area contributed by atoms with Gasteiger partial charge in [0, 0.05) is 5.75 Å². The van der Waals surface area contributed by atoms with Gasteiger partial charge >= 0.3 is 6.03 Å². The van der Waals surface area contributed by atoms with Crippen LogP contribution in [-0.2, 0) is 4.79 Å². The Hall–Kier alpha value is -0.710. The minimum atomic E-state index is -0.444. The van der Waals surface area contributed by atoms with E-state index < -0.39 is 12.1 Å². The third-order valence-corrected chi connectivity index (χ3v) is 1.41. The molecule has 4 nitrogen and oxygen atoms in total. The van der Waals surface area contributed by atoms with Crippen molar-refractivity contribution < 1.29 is 9.59 Å². The zero-order valence-electron chi connectivity index (χ0n) is 4.55. The van der Waals surface area contributed by atoms with Crippen LogP contribution in [0.4, 0.5) is 4.79 Å². The van der Waals surface area contributed by atoms with Crippen molar-refractivity contribution in [1.82, 2.24) is 10.6 Å². The van der Waals surface area contributed by atoms with E-state index in [9.17, 15) is 9.59 Å². The highest BCUT2D eigenvalue weighted by Crippen LogP contribution is 1.93. The van der Waals surface area contributed by atoms with Crippen LogP contribution >= 0.6 is 12.6 Å². The molecule has 1 heterocycles. The quantitative estimate of drug-likeness (QED) is 0.332. The van der Waals surface area contributed by atoms with Crippen molar-refractivity contribution in [2.75, 3.05) is 5.75 Å². The van der Waals surface area contributed by atoms with Crippen LogP contribution < -0.4 is 10.6 Å². The summed E-state index contributed by atoms with van der Waals surface area (Å²) in [6.07, 6.45) is 0. The molecule has 0 aromatic heterocycles. The first-order valence-corrected chi connectivity index (χ1v) is 3.09. The predicted octanol–water partition coefficient (Wildman–Crippen LogP) is -0.876. The van der Waals surface area contributed by atoms with E-state index in [4.69, 9.17) is 0 Å². The summed E-state index contributed by atoms with van der Waals surface area (Å²) in [6.45, 7) is 0. The van der Waals surface area contributed by atoms with E-state index in [1.54, 1.807) is 0 Å². The average molecular weight is 146 g/mol. The fourth-order valence-electron chi connectivity index (χ4n) is 0.587. The third-order valence-electron chi connectivity index (χ3n) is 1.04. The molecule has 0 aromatic carbocycles. The van der Waals surface area contributed by atoms with Gasteiger partial charge in [0.25, 0.3) is 5.91 Å². The largest absolute Gasteiger partial charge is 0.325 e. The molecule has 0 spiro atoms. The van der Waals surface area contributed by atoms with Gasteiger partial charge < -0.3 is 5.32 Å². The number of nitrogens with one attached hydrogen (secondary N) is 2. The molecule has 0 unspecified atom stereocenters. The second kappa shape index (κ2) is 2.26. The van der Waals surface area contributed by atoms with Gasteiger partial charge in [-0.25, -0.2) is 4.79 Å². The summed E-state index contributed by atoms with van der Waals surface area (Å²) in [5, 5.41) is 4.46. The van der Waals surface area contributed by atoms with E-state index in [0.29, 0.717) is 5.75 Å². The fraction of sp³-hybridized carbons (Fsp3) is 0.500. The van der Waals surface area contributed by atoms with Gasteiger partial charge in [0.15, 0.2) is 0 Å². The van der Waals surface area contributed by atoms with E-state index in [0.717, 1.165) is 0 Å². The van der Waals surface area contributed by atoms with Crippen LogP contribution in [0.2, 0.25) is 0 Å². The van der Waals surface area contributed by atoms with Crippen molar-refractivity contribution in [3.63, 3.8) is 0 Å². The number of amides is 3. The smallest absolute Gasteiger partial charge is 0.322 e. The Morgan fingerprint density at radius 1 is 1.56 bits per heavy atom. The highest BCUT2D eigenvalue weighted by Gasteiger charge is 2.27. The molecule has 0 aromatic rings. The topological polar surface area (TPSA) is 58.2 Å². The molecule has 50 valence electrons. The maximum Gasteiger partial charge on any atom is 0.322 e.